The maximum atomic E-state index is 13.3. The third-order valence-corrected chi connectivity index (χ3v) is 3.13. The van der Waals surface area contributed by atoms with E-state index in [-0.39, 0.29) is 11.6 Å². The van der Waals surface area contributed by atoms with Gasteiger partial charge in [0.05, 0.1) is 9.50 Å². The number of rotatable bonds is 3. The summed E-state index contributed by atoms with van der Waals surface area (Å²) in [4.78, 5) is 3.94. The average Bonchev–Trinajstić information content (AvgIpc) is 2.34. The van der Waals surface area contributed by atoms with Crippen LogP contribution in [0.25, 0.3) is 0 Å². The second kappa shape index (κ2) is 5.54. The molecule has 0 aliphatic heterocycles. The zero-order valence-corrected chi connectivity index (χ0v) is 11.5. The summed E-state index contributed by atoms with van der Waals surface area (Å²) in [6.07, 6.45) is 1.61. The number of nitrogens with zero attached hydrogens (tertiary/aromatic N) is 1. The zero-order chi connectivity index (χ0) is 13.1. The summed E-state index contributed by atoms with van der Waals surface area (Å²) < 4.78 is 19.3. The SMILES string of the molecule is Nc1ccc(COc2cc(F)c(Cl)cc2Br)cn1. The summed E-state index contributed by atoms with van der Waals surface area (Å²) in [5.74, 6) is 0.302. The molecule has 3 nitrogen and oxygen atoms in total. The summed E-state index contributed by atoms with van der Waals surface area (Å²) in [7, 11) is 0. The van der Waals surface area contributed by atoms with Crippen LogP contribution in [-0.2, 0) is 6.61 Å². The van der Waals surface area contributed by atoms with Crippen LogP contribution in [0.4, 0.5) is 10.2 Å². The van der Waals surface area contributed by atoms with Gasteiger partial charge >= 0.3 is 0 Å². The van der Waals surface area contributed by atoms with Gasteiger partial charge in [-0.1, -0.05) is 17.7 Å². The van der Waals surface area contributed by atoms with E-state index in [1.807, 2.05) is 0 Å². The summed E-state index contributed by atoms with van der Waals surface area (Å²) in [5.41, 5.74) is 6.31. The molecule has 2 aromatic rings. The minimum Gasteiger partial charge on any atom is -0.488 e. The Morgan fingerprint density at radius 3 is 2.83 bits per heavy atom. The van der Waals surface area contributed by atoms with Crippen LogP contribution < -0.4 is 10.5 Å². The Balaban J connectivity index is 2.10. The lowest BCUT2D eigenvalue weighted by Crippen LogP contribution is -1.98. The monoisotopic (exact) mass is 330 g/mol. The van der Waals surface area contributed by atoms with E-state index in [9.17, 15) is 4.39 Å². The third-order valence-electron chi connectivity index (χ3n) is 2.22. The molecular formula is C12H9BrClFN2O. The number of hydrogen-bond donors (Lipinski definition) is 1. The van der Waals surface area contributed by atoms with E-state index < -0.39 is 5.82 Å². The van der Waals surface area contributed by atoms with E-state index in [0.717, 1.165) is 5.56 Å². The Labute approximate surface area is 117 Å². The topological polar surface area (TPSA) is 48.1 Å². The smallest absolute Gasteiger partial charge is 0.145 e. The standard InChI is InChI=1S/C12H9BrClFN2O/c13-8-3-9(14)10(15)4-11(8)18-6-7-1-2-12(16)17-5-7/h1-5H,6H2,(H2,16,17). The van der Waals surface area contributed by atoms with E-state index in [0.29, 0.717) is 16.0 Å². The highest BCUT2D eigenvalue weighted by Gasteiger charge is 2.08. The number of halogens is 3. The lowest BCUT2D eigenvalue weighted by molar-refractivity contribution is 0.302. The van der Waals surface area contributed by atoms with Crippen molar-refractivity contribution in [3.8, 4) is 5.75 Å². The van der Waals surface area contributed by atoms with Crippen molar-refractivity contribution in [2.45, 2.75) is 6.61 Å². The Bertz CT molecular complexity index is 563. The van der Waals surface area contributed by atoms with Gasteiger partial charge in [-0.2, -0.15) is 0 Å². The molecular weight excluding hydrogens is 322 g/mol. The number of benzene rings is 1. The van der Waals surface area contributed by atoms with Gasteiger partial charge in [0.25, 0.3) is 0 Å². The normalized spacial score (nSPS) is 10.4. The summed E-state index contributed by atoms with van der Waals surface area (Å²) in [6.45, 7) is 0.271. The van der Waals surface area contributed by atoms with Crippen LogP contribution in [0, 0.1) is 5.82 Å². The molecule has 0 unspecified atom stereocenters. The van der Waals surface area contributed by atoms with E-state index >= 15 is 0 Å². The number of hydrogen-bond acceptors (Lipinski definition) is 3. The number of pyridine rings is 1. The average molecular weight is 332 g/mol. The Hall–Kier alpha value is -1.33. The maximum Gasteiger partial charge on any atom is 0.145 e. The maximum absolute atomic E-state index is 13.3. The molecule has 18 heavy (non-hydrogen) atoms. The molecule has 1 aromatic heterocycles. The molecule has 0 amide bonds. The number of anilines is 1. The second-order valence-electron chi connectivity index (χ2n) is 3.58. The van der Waals surface area contributed by atoms with E-state index in [1.54, 1.807) is 18.3 Å². The molecule has 6 heteroatoms. The van der Waals surface area contributed by atoms with Gasteiger partial charge in [0.1, 0.15) is 24.0 Å². The van der Waals surface area contributed by atoms with Crippen molar-refractivity contribution < 1.29 is 9.13 Å². The van der Waals surface area contributed by atoms with Crippen LogP contribution in [0.3, 0.4) is 0 Å². The summed E-state index contributed by atoms with van der Waals surface area (Å²) in [6, 6.07) is 6.16. The van der Waals surface area contributed by atoms with Crippen LogP contribution in [0.1, 0.15) is 5.56 Å². The van der Waals surface area contributed by atoms with Gasteiger partial charge in [-0.25, -0.2) is 9.37 Å². The molecule has 94 valence electrons. The van der Waals surface area contributed by atoms with Crippen molar-refractivity contribution in [1.29, 1.82) is 0 Å². The summed E-state index contributed by atoms with van der Waals surface area (Å²) >= 11 is 8.89. The fourth-order valence-electron chi connectivity index (χ4n) is 1.30. The first-order valence-corrected chi connectivity index (χ1v) is 6.21. The highest BCUT2D eigenvalue weighted by atomic mass is 79.9. The van der Waals surface area contributed by atoms with Gasteiger partial charge in [0.15, 0.2) is 0 Å². The molecule has 1 aromatic carbocycles. The molecule has 0 aliphatic rings. The zero-order valence-electron chi connectivity index (χ0n) is 9.16. The molecule has 0 radical (unpaired) electrons. The van der Waals surface area contributed by atoms with Gasteiger partial charge < -0.3 is 10.5 Å². The van der Waals surface area contributed by atoms with Gasteiger partial charge in [-0.15, -0.1) is 0 Å². The van der Waals surface area contributed by atoms with Crippen LogP contribution in [0.2, 0.25) is 5.02 Å². The minimum atomic E-state index is -0.523. The lowest BCUT2D eigenvalue weighted by Gasteiger charge is -2.09. The first-order valence-electron chi connectivity index (χ1n) is 5.04. The first-order chi connectivity index (χ1) is 8.56. The van der Waals surface area contributed by atoms with Gasteiger partial charge in [0.2, 0.25) is 0 Å². The molecule has 1 heterocycles. The van der Waals surface area contributed by atoms with Gasteiger partial charge in [-0.05, 0) is 28.1 Å². The number of nitrogens with two attached hydrogens (primary N) is 1. The highest BCUT2D eigenvalue weighted by molar-refractivity contribution is 9.10. The molecule has 2 rings (SSSR count). The van der Waals surface area contributed by atoms with Gasteiger partial charge in [-0.3, -0.25) is 0 Å². The summed E-state index contributed by atoms with van der Waals surface area (Å²) in [5, 5.41) is 0.0448. The Kier molecular flexibility index (Phi) is 4.04. The Morgan fingerprint density at radius 1 is 1.39 bits per heavy atom. The molecule has 0 fully saturated rings. The van der Waals surface area contributed by atoms with Crippen LogP contribution >= 0.6 is 27.5 Å². The molecule has 0 atom stereocenters. The van der Waals surface area contributed by atoms with Crippen molar-refractivity contribution in [1.82, 2.24) is 4.98 Å². The quantitative estimate of drug-likeness (QED) is 0.870. The third kappa shape index (κ3) is 3.11. The minimum absolute atomic E-state index is 0.0448. The number of nitrogen functional groups attached to an aromatic ring is 1. The van der Waals surface area contributed by atoms with Crippen molar-refractivity contribution in [3.63, 3.8) is 0 Å². The van der Waals surface area contributed by atoms with E-state index in [2.05, 4.69) is 20.9 Å². The Morgan fingerprint density at radius 2 is 2.17 bits per heavy atom. The van der Waals surface area contributed by atoms with Crippen LogP contribution in [0.5, 0.6) is 5.75 Å². The molecule has 0 saturated carbocycles. The number of ether oxygens (including phenoxy) is 1. The molecule has 2 N–H and O–H groups in total. The largest absolute Gasteiger partial charge is 0.488 e. The fraction of sp³-hybridized carbons (Fsp3) is 0.0833. The lowest BCUT2D eigenvalue weighted by atomic mass is 10.3. The predicted octanol–water partition coefficient (Wildman–Crippen LogP) is 3.80. The van der Waals surface area contributed by atoms with Crippen LogP contribution in [0.15, 0.2) is 34.9 Å². The fourth-order valence-corrected chi connectivity index (χ4v) is 2.05. The van der Waals surface area contributed by atoms with Crippen molar-refractivity contribution in [2.75, 3.05) is 5.73 Å². The van der Waals surface area contributed by atoms with Crippen molar-refractivity contribution >= 4 is 33.3 Å². The molecule has 0 aliphatic carbocycles. The molecule has 0 saturated heterocycles. The van der Waals surface area contributed by atoms with Crippen LogP contribution in [-0.4, -0.2) is 4.98 Å². The van der Waals surface area contributed by atoms with Crippen molar-refractivity contribution in [2.24, 2.45) is 0 Å². The second-order valence-corrected chi connectivity index (χ2v) is 4.84. The molecule has 0 spiro atoms. The van der Waals surface area contributed by atoms with E-state index in [1.165, 1.54) is 12.1 Å². The first kappa shape index (κ1) is 13.1. The van der Waals surface area contributed by atoms with Crippen molar-refractivity contribution in [3.05, 3.63) is 51.3 Å². The van der Waals surface area contributed by atoms with Gasteiger partial charge in [0, 0.05) is 17.8 Å². The highest BCUT2D eigenvalue weighted by Crippen LogP contribution is 2.31. The molecule has 0 bridgehead atoms. The number of aromatic nitrogens is 1. The van der Waals surface area contributed by atoms with E-state index in [4.69, 9.17) is 22.1 Å². The predicted molar refractivity (Wildman–Crippen MR) is 72.1 cm³/mol.